The highest BCUT2D eigenvalue weighted by Crippen LogP contribution is 2.19. The molecule has 0 spiro atoms. The first-order chi connectivity index (χ1) is 13.8. The smallest absolute Gasteiger partial charge is 0.258 e. The average Bonchev–Trinajstić information content (AvgIpc) is 3.12. The summed E-state index contributed by atoms with van der Waals surface area (Å²) >= 11 is 6.16. The van der Waals surface area contributed by atoms with Crippen molar-refractivity contribution < 1.29 is 17.9 Å². The van der Waals surface area contributed by atoms with Crippen molar-refractivity contribution in [2.75, 3.05) is 23.9 Å². The summed E-state index contributed by atoms with van der Waals surface area (Å²) < 4.78 is 29.4. The van der Waals surface area contributed by atoms with Gasteiger partial charge in [0.05, 0.1) is 24.1 Å². The lowest BCUT2D eigenvalue weighted by atomic mass is 10.2. The predicted molar refractivity (Wildman–Crippen MR) is 112 cm³/mol. The van der Waals surface area contributed by atoms with Crippen LogP contribution in [-0.4, -0.2) is 42.7 Å². The van der Waals surface area contributed by atoms with Crippen LogP contribution < -0.4 is 10.1 Å². The fourth-order valence-electron chi connectivity index (χ4n) is 2.55. The van der Waals surface area contributed by atoms with Gasteiger partial charge in [-0.1, -0.05) is 35.9 Å². The maximum atomic E-state index is 12.5. The molecule has 152 valence electrons. The molecule has 2 aromatic carbocycles. The summed E-state index contributed by atoms with van der Waals surface area (Å²) in [5.74, 6) is 0.0818. The molecule has 0 aliphatic heterocycles. The topological polar surface area (TPSA) is 90.3 Å². The Kier molecular flexibility index (Phi) is 6.56. The van der Waals surface area contributed by atoms with Crippen molar-refractivity contribution in [3.05, 3.63) is 77.1 Å². The van der Waals surface area contributed by atoms with Crippen LogP contribution in [-0.2, 0) is 16.4 Å². The molecular formula is C20H20ClN3O4S. The van der Waals surface area contributed by atoms with E-state index in [2.05, 4.69) is 10.4 Å². The third-order valence-electron chi connectivity index (χ3n) is 4.00. The van der Waals surface area contributed by atoms with E-state index in [-0.39, 0.29) is 18.3 Å². The van der Waals surface area contributed by atoms with Gasteiger partial charge in [0.2, 0.25) is 0 Å². The van der Waals surface area contributed by atoms with E-state index in [4.69, 9.17) is 16.3 Å². The highest BCUT2D eigenvalue weighted by molar-refractivity contribution is 7.90. The van der Waals surface area contributed by atoms with Gasteiger partial charge in [0.1, 0.15) is 12.4 Å². The van der Waals surface area contributed by atoms with Crippen molar-refractivity contribution in [1.29, 1.82) is 0 Å². The van der Waals surface area contributed by atoms with Gasteiger partial charge in [-0.05, 0) is 23.8 Å². The van der Waals surface area contributed by atoms with Gasteiger partial charge in [-0.3, -0.25) is 9.48 Å². The van der Waals surface area contributed by atoms with Crippen molar-refractivity contribution >= 4 is 33.0 Å². The molecule has 0 bridgehead atoms. The zero-order chi connectivity index (χ0) is 20.9. The SMILES string of the molecule is CS(=O)(=O)CCOc1cccc(NC(=O)c2cnn(Cc3ccccc3Cl)c2)c1. The van der Waals surface area contributed by atoms with Gasteiger partial charge in [-0.15, -0.1) is 0 Å². The molecule has 0 saturated carbocycles. The summed E-state index contributed by atoms with van der Waals surface area (Å²) in [4.78, 5) is 12.5. The minimum Gasteiger partial charge on any atom is -0.492 e. The molecule has 29 heavy (non-hydrogen) atoms. The molecule has 0 aliphatic carbocycles. The lowest BCUT2D eigenvalue weighted by Gasteiger charge is -2.08. The molecular weight excluding hydrogens is 414 g/mol. The summed E-state index contributed by atoms with van der Waals surface area (Å²) in [5.41, 5.74) is 1.84. The van der Waals surface area contributed by atoms with Crippen molar-refractivity contribution in [3.63, 3.8) is 0 Å². The Morgan fingerprint density at radius 2 is 2.00 bits per heavy atom. The Bertz CT molecular complexity index is 1110. The maximum absolute atomic E-state index is 12.5. The van der Waals surface area contributed by atoms with E-state index >= 15 is 0 Å². The van der Waals surface area contributed by atoms with Crippen LogP contribution in [0.3, 0.4) is 0 Å². The minimum absolute atomic E-state index is 0.0467. The first-order valence-electron chi connectivity index (χ1n) is 8.78. The first kappa shape index (κ1) is 20.9. The Morgan fingerprint density at radius 3 is 2.76 bits per heavy atom. The molecule has 0 aliphatic rings. The zero-order valence-electron chi connectivity index (χ0n) is 15.7. The highest BCUT2D eigenvalue weighted by Gasteiger charge is 2.11. The third kappa shape index (κ3) is 6.33. The van der Waals surface area contributed by atoms with E-state index in [1.54, 1.807) is 41.2 Å². The maximum Gasteiger partial charge on any atom is 0.258 e. The number of halogens is 1. The molecule has 1 heterocycles. The van der Waals surface area contributed by atoms with Crippen LogP contribution in [0, 0.1) is 0 Å². The number of aromatic nitrogens is 2. The van der Waals surface area contributed by atoms with E-state index in [9.17, 15) is 13.2 Å². The number of nitrogens with zero attached hydrogens (tertiary/aromatic N) is 2. The second-order valence-electron chi connectivity index (χ2n) is 6.48. The highest BCUT2D eigenvalue weighted by atomic mass is 35.5. The van der Waals surface area contributed by atoms with Crippen molar-refractivity contribution in [2.24, 2.45) is 0 Å². The first-order valence-corrected chi connectivity index (χ1v) is 11.2. The summed E-state index contributed by atoms with van der Waals surface area (Å²) in [7, 11) is -3.09. The molecule has 0 atom stereocenters. The number of hydrogen-bond donors (Lipinski definition) is 1. The number of hydrogen-bond acceptors (Lipinski definition) is 5. The molecule has 1 amide bonds. The lowest BCUT2D eigenvalue weighted by Crippen LogP contribution is -2.13. The second kappa shape index (κ2) is 9.11. The number of sulfone groups is 1. The average molecular weight is 434 g/mol. The van der Waals surface area contributed by atoms with E-state index in [0.29, 0.717) is 28.6 Å². The fourth-order valence-corrected chi connectivity index (χ4v) is 3.13. The molecule has 0 saturated heterocycles. The summed E-state index contributed by atoms with van der Waals surface area (Å²) in [6.45, 7) is 0.502. The monoisotopic (exact) mass is 433 g/mol. The number of anilines is 1. The van der Waals surface area contributed by atoms with E-state index in [0.717, 1.165) is 11.8 Å². The van der Waals surface area contributed by atoms with E-state index < -0.39 is 9.84 Å². The van der Waals surface area contributed by atoms with Gasteiger partial charge >= 0.3 is 0 Å². The van der Waals surface area contributed by atoms with E-state index in [1.807, 2.05) is 18.2 Å². The predicted octanol–water partition coefficient (Wildman–Crippen LogP) is 3.26. The van der Waals surface area contributed by atoms with Crippen molar-refractivity contribution in [2.45, 2.75) is 6.54 Å². The van der Waals surface area contributed by atoms with Crippen LogP contribution in [0.1, 0.15) is 15.9 Å². The normalized spacial score (nSPS) is 11.2. The molecule has 3 aromatic rings. The van der Waals surface area contributed by atoms with Crippen molar-refractivity contribution in [1.82, 2.24) is 9.78 Å². The summed E-state index contributed by atoms with van der Waals surface area (Å²) in [5, 5.41) is 7.63. The Hall–Kier alpha value is -2.84. The number of amides is 1. The molecule has 7 nitrogen and oxygen atoms in total. The number of rotatable bonds is 8. The van der Waals surface area contributed by atoms with E-state index in [1.165, 1.54) is 6.20 Å². The lowest BCUT2D eigenvalue weighted by molar-refractivity contribution is 0.102. The molecule has 1 N–H and O–H groups in total. The van der Waals surface area contributed by atoms with Crippen LogP contribution in [0.5, 0.6) is 5.75 Å². The Morgan fingerprint density at radius 1 is 1.21 bits per heavy atom. The molecule has 0 radical (unpaired) electrons. The number of carbonyl (C=O) groups is 1. The van der Waals surface area contributed by atoms with Crippen LogP contribution in [0.4, 0.5) is 5.69 Å². The minimum atomic E-state index is -3.09. The standard InChI is InChI=1S/C20H20ClN3O4S/c1-29(26,27)10-9-28-18-7-4-6-17(11-18)23-20(25)16-12-22-24(14-16)13-15-5-2-3-8-19(15)21/h2-8,11-12,14H,9-10,13H2,1H3,(H,23,25). The molecule has 0 unspecified atom stereocenters. The largest absolute Gasteiger partial charge is 0.492 e. The van der Waals surface area contributed by atoms with Gasteiger partial charge in [0.15, 0.2) is 9.84 Å². The summed E-state index contributed by atoms with van der Waals surface area (Å²) in [6.07, 6.45) is 4.28. The third-order valence-corrected chi connectivity index (χ3v) is 5.28. The zero-order valence-corrected chi connectivity index (χ0v) is 17.3. The molecule has 1 aromatic heterocycles. The van der Waals surface area contributed by atoms with Crippen LogP contribution in [0.15, 0.2) is 60.9 Å². The Labute approximate surface area is 174 Å². The number of carbonyl (C=O) groups excluding carboxylic acids is 1. The van der Waals surface area contributed by atoms with Gasteiger partial charge in [0, 0.05) is 29.2 Å². The quantitative estimate of drug-likeness (QED) is 0.588. The van der Waals surface area contributed by atoms with Gasteiger partial charge in [0.25, 0.3) is 5.91 Å². The van der Waals surface area contributed by atoms with Gasteiger partial charge < -0.3 is 10.1 Å². The van der Waals surface area contributed by atoms with Gasteiger partial charge in [-0.2, -0.15) is 5.10 Å². The Balaban J connectivity index is 1.61. The summed E-state index contributed by atoms with van der Waals surface area (Å²) in [6, 6.07) is 14.2. The van der Waals surface area contributed by atoms with Crippen molar-refractivity contribution in [3.8, 4) is 5.75 Å². The fraction of sp³-hybridized carbons (Fsp3) is 0.200. The van der Waals surface area contributed by atoms with Crippen LogP contribution >= 0.6 is 11.6 Å². The second-order valence-corrected chi connectivity index (χ2v) is 9.15. The molecule has 0 fully saturated rings. The number of ether oxygens (including phenoxy) is 1. The van der Waals surface area contributed by atoms with Gasteiger partial charge in [-0.25, -0.2) is 8.42 Å². The molecule has 3 rings (SSSR count). The molecule has 9 heteroatoms. The number of nitrogens with one attached hydrogen (secondary N) is 1. The van der Waals surface area contributed by atoms with Crippen LogP contribution in [0.2, 0.25) is 5.02 Å². The van der Waals surface area contributed by atoms with Crippen LogP contribution in [0.25, 0.3) is 0 Å². The number of benzene rings is 2.